The number of hydrogen-bond acceptors (Lipinski definition) is 5. The Bertz CT molecular complexity index is 1050. The normalized spacial score (nSPS) is 22.9. The first-order valence-electron chi connectivity index (χ1n) is 9.57. The van der Waals surface area contributed by atoms with E-state index in [1.165, 1.54) is 17.4 Å². The number of hydrazine groups is 1. The number of rotatable bonds is 5. The van der Waals surface area contributed by atoms with E-state index in [1.807, 2.05) is 19.1 Å². The van der Waals surface area contributed by atoms with Gasteiger partial charge in [-0.05, 0) is 35.9 Å². The van der Waals surface area contributed by atoms with Crippen LogP contribution in [0.4, 0.5) is 0 Å². The Labute approximate surface area is 182 Å². The first-order valence-corrected chi connectivity index (χ1v) is 10.8. The van der Waals surface area contributed by atoms with Crippen molar-refractivity contribution in [3.05, 3.63) is 69.4 Å². The SMILES string of the molecule is C[C@@H]1C=CC[C@@H]2C(=O)N(N(CC(=O)c3cccs3)C(=O)c3ccccc3Cl)C(=O)[C@@H]12. The third-order valence-corrected chi connectivity index (χ3v) is 6.76. The van der Waals surface area contributed by atoms with Crippen molar-refractivity contribution in [1.29, 1.82) is 0 Å². The number of allylic oxidation sites excluding steroid dienone is 2. The molecule has 6 nitrogen and oxygen atoms in total. The lowest BCUT2D eigenvalue weighted by Gasteiger charge is -2.30. The monoisotopic (exact) mass is 442 g/mol. The molecule has 1 fully saturated rings. The van der Waals surface area contributed by atoms with Gasteiger partial charge in [0.05, 0.1) is 27.3 Å². The summed E-state index contributed by atoms with van der Waals surface area (Å²) in [5.74, 6) is -3.13. The average molecular weight is 443 g/mol. The van der Waals surface area contributed by atoms with Crippen LogP contribution in [0.15, 0.2) is 53.9 Å². The predicted octanol–water partition coefficient (Wildman–Crippen LogP) is 3.84. The van der Waals surface area contributed by atoms with Crippen LogP contribution >= 0.6 is 22.9 Å². The van der Waals surface area contributed by atoms with E-state index in [0.29, 0.717) is 11.3 Å². The molecule has 1 aliphatic heterocycles. The second kappa shape index (κ2) is 8.16. The van der Waals surface area contributed by atoms with Crippen molar-refractivity contribution < 1.29 is 19.2 Å². The lowest BCUT2D eigenvalue weighted by Crippen LogP contribution is -2.52. The van der Waals surface area contributed by atoms with Crippen LogP contribution in [0.5, 0.6) is 0 Å². The fraction of sp³-hybridized carbons (Fsp3) is 0.273. The van der Waals surface area contributed by atoms with Crippen molar-refractivity contribution in [3.8, 4) is 0 Å². The second-order valence-corrected chi connectivity index (χ2v) is 8.74. The number of benzene rings is 1. The first kappa shape index (κ1) is 20.5. The molecule has 2 heterocycles. The zero-order valence-corrected chi connectivity index (χ0v) is 17.7. The number of amides is 3. The highest BCUT2D eigenvalue weighted by atomic mass is 35.5. The second-order valence-electron chi connectivity index (χ2n) is 7.39. The van der Waals surface area contributed by atoms with Gasteiger partial charge in [0.15, 0.2) is 5.78 Å². The van der Waals surface area contributed by atoms with Crippen LogP contribution in [0.25, 0.3) is 0 Å². The van der Waals surface area contributed by atoms with Crippen molar-refractivity contribution in [2.45, 2.75) is 13.3 Å². The average Bonchev–Trinajstić information content (AvgIpc) is 3.35. The summed E-state index contributed by atoms with van der Waals surface area (Å²) in [7, 11) is 0. The molecule has 0 radical (unpaired) electrons. The highest BCUT2D eigenvalue weighted by Gasteiger charge is 2.53. The van der Waals surface area contributed by atoms with E-state index in [2.05, 4.69) is 0 Å². The number of nitrogens with zero attached hydrogens (tertiary/aromatic N) is 2. The number of Topliss-reactive ketones (excluding diaryl/α,β-unsaturated/α-hetero) is 1. The lowest BCUT2D eigenvalue weighted by molar-refractivity contribution is -0.154. The van der Waals surface area contributed by atoms with Gasteiger partial charge < -0.3 is 0 Å². The Balaban J connectivity index is 1.73. The number of thiophene rings is 1. The Morgan fingerprint density at radius 1 is 1.17 bits per heavy atom. The Morgan fingerprint density at radius 3 is 2.60 bits per heavy atom. The van der Waals surface area contributed by atoms with Crippen molar-refractivity contribution in [2.24, 2.45) is 17.8 Å². The third kappa shape index (κ3) is 3.48. The van der Waals surface area contributed by atoms with E-state index < -0.39 is 36.1 Å². The van der Waals surface area contributed by atoms with Gasteiger partial charge in [0.1, 0.15) is 6.54 Å². The molecule has 4 rings (SSSR count). The molecule has 8 heteroatoms. The lowest BCUT2D eigenvalue weighted by atomic mass is 9.78. The number of ketones is 1. The topological polar surface area (TPSA) is 74.8 Å². The molecule has 1 aromatic carbocycles. The molecular weight excluding hydrogens is 424 g/mol. The predicted molar refractivity (Wildman–Crippen MR) is 113 cm³/mol. The molecule has 0 bridgehead atoms. The molecule has 2 aromatic rings. The zero-order chi connectivity index (χ0) is 21.4. The quantitative estimate of drug-likeness (QED) is 0.400. The molecule has 3 atom stereocenters. The summed E-state index contributed by atoms with van der Waals surface area (Å²) in [6, 6.07) is 9.74. The number of hydrogen-bond donors (Lipinski definition) is 0. The molecular formula is C22H19ClN2O4S. The molecule has 1 saturated heterocycles. The highest BCUT2D eigenvalue weighted by molar-refractivity contribution is 7.12. The summed E-state index contributed by atoms with van der Waals surface area (Å²) in [4.78, 5) is 53.0. The number of fused-ring (bicyclic) bond motifs is 1. The van der Waals surface area contributed by atoms with Crippen molar-refractivity contribution in [2.75, 3.05) is 6.54 Å². The standard InChI is InChI=1S/C22H19ClN2O4S/c1-13-6-4-8-15-19(13)22(29)25(21(15)28)24(12-17(26)18-10-5-11-30-18)20(27)14-7-2-3-9-16(14)23/h2-7,9-11,13,15,19H,8,12H2,1H3/t13-,15+,19+/m1/s1. The van der Waals surface area contributed by atoms with E-state index in [0.717, 1.165) is 10.0 Å². The van der Waals surface area contributed by atoms with Gasteiger partial charge in [0, 0.05) is 0 Å². The molecule has 0 saturated carbocycles. The molecule has 154 valence electrons. The largest absolute Gasteiger partial charge is 0.291 e. The molecule has 2 aliphatic rings. The van der Waals surface area contributed by atoms with Crippen LogP contribution in [-0.2, 0) is 9.59 Å². The van der Waals surface area contributed by atoms with Gasteiger partial charge in [0.2, 0.25) is 0 Å². The van der Waals surface area contributed by atoms with E-state index in [-0.39, 0.29) is 22.3 Å². The van der Waals surface area contributed by atoms with Gasteiger partial charge in [-0.3, -0.25) is 19.2 Å². The summed E-state index contributed by atoms with van der Waals surface area (Å²) >= 11 is 7.43. The Hall–Kier alpha value is -2.77. The Kier molecular flexibility index (Phi) is 5.58. The molecule has 0 spiro atoms. The number of carbonyl (C=O) groups is 4. The molecule has 0 N–H and O–H groups in total. The maximum Gasteiger partial charge on any atom is 0.274 e. The summed E-state index contributed by atoms with van der Waals surface area (Å²) < 4.78 is 0. The zero-order valence-electron chi connectivity index (χ0n) is 16.2. The van der Waals surface area contributed by atoms with Crippen LogP contribution in [0.2, 0.25) is 5.02 Å². The fourth-order valence-corrected chi connectivity index (χ4v) is 4.90. The van der Waals surface area contributed by atoms with Gasteiger partial charge in [0.25, 0.3) is 17.7 Å². The van der Waals surface area contributed by atoms with E-state index in [4.69, 9.17) is 11.6 Å². The maximum atomic E-state index is 13.4. The summed E-state index contributed by atoms with van der Waals surface area (Å²) in [5, 5.41) is 3.76. The van der Waals surface area contributed by atoms with E-state index in [9.17, 15) is 19.2 Å². The van der Waals surface area contributed by atoms with Gasteiger partial charge >= 0.3 is 0 Å². The van der Waals surface area contributed by atoms with Crippen LogP contribution in [0, 0.1) is 17.8 Å². The van der Waals surface area contributed by atoms with Gasteiger partial charge in [-0.2, -0.15) is 5.01 Å². The van der Waals surface area contributed by atoms with Crippen LogP contribution in [0.1, 0.15) is 33.4 Å². The van der Waals surface area contributed by atoms with Crippen LogP contribution < -0.4 is 0 Å². The Morgan fingerprint density at radius 2 is 1.93 bits per heavy atom. The number of halogens is 1. The van der Waals surface area contributed by atoms with Crippen LogP contribution in [-0.4, -0.2) is 40.1 Å². The van der Waals surface area contributed by atoms with Crippen molar-refractivity contribution >= 4 is 46.4 Å². The van der Waals surface area contributed by atoms with Gasteiger partial charge in [-0.25, -0.2) is 5.01 Å². The summed E-state index contributed by atoms with van der Waals surface area (Å²) in [6.07, 6.45) is 4.23. The molecule has 0 unspecified atom stereocenters. The minimum atomic E-state index is -0.661. The number of carbonyl (C=O) groups excluding carboxylic acids is 4. The smallest absolute Gasteiger partial charge is 0.274 e. The molecule has 3 amide bonds. The first-order chi connectivity index (χ1) is 14.4. The number of imide groups is 1. The summed E-state index contributed by atoms with van der Waals surface area (Å²) in [6.45, 7) is 1.45. The summed E-state index contributed by atoms with van der Waals surface area (Å²) in [5.41, 5.74) is 0.125. The minimum Gasteiger partial charge on any atom is -0.291 e. The fourth-order valence-electron chi connectivity index (χ4n) is 4.03. The third-order valence-electron chi connectivity index (χ3n) is 5.52. The molecule has 1 aliphatic carbocycles. The van der Waals surface area contributed by atoms with E-state index >= 15 is 0 Å². The van der Waals surface area contributed by atoms with Crippen molar-refractivity contribution in [3.63, 3.8) is 0 Å². The van der Waals surface area contributed by atoms with Crippen LogP contribution in [0.3, 0.4) is 0 Å². The molecule has 30 heavy (non-hydrogen) atoms. The highest BCUT2D eigenvalue weighted by Crippen LogP contribution is 2.39. The van der Waals surface area contributed by atoms with E-state index in [1.54, 1.807) is 35.7 Å². The molecule has 1 aromatic heterocycles. The minimum absolute atomic E-state index is 0.125. The van der Waals surface area contributed by atoms with Gasteiger partial charge in [-0.1, -0.05) is 48.9 Å². The van der Waals surface area contributed by atoms with Gasteiger partial charge in [-0.15, -0.1) is 11.3 Å². The van der Waals surface area contributed by atoms with Crippen molar-refractivity contribution in [1.82, 2.24) is 10.0 Å². The maximum absolute atomic E-state index is 13.4.